The quantitative estimate of drug-likeness (QED) is 0.717. The molecule has 0 spiro atoms. The van der Waals surface area contributed by atoms with E-state index in [0.717, 1.165) is 18.6 Å². The normalized spacial score (nSPS) is 25.5. The number of rotatable bonds is 2. The Bertz CT molecular complexity index is 383. The summed E-state index contributed by atoms with van der Waals surface area (Å²) in [4.78, 5) is 12.1. The van der Waals surface area contributed by atoms with Gasteiger partial charge in [0.15, 0.2) is 5.78 Å². The fourth-order valence-corrected chi connectivity index (χ4v) is 3.16. The maximum absolute atomic E-state index is 13.4. The predicted octanol–water partition coefficient (Wildman–Crippen LogP) is 3.29. The van der Waals surface area contributed by atoms with Gasteiger partial charge in [-0.15, -0.1) is 11.8 Å². The summed E-state index contributed by atoms with van der Waals surface area (Å²) in [6.07, 6.45) is 1.90. The van der Waals surface area contributed by atoms with Crippen molar-refractivity contribution in [1.29, 1.82) is 0 Å². The van der Waals surface area contributed by atoms with Gasteiger partial charge in [-0.3, -0.25) is 4.79 Å². The summed E-state index contributed by atoms with van der Waals surface area (Å²) in [7, 11) is 0. The molecule has 15 heavy (non-hydrogen) atoms. The molecule has 0 bridgehead atoms. The van der Waals surface area contributed by atoms with Crippen LogP contribution in [-0.2, 0) is 0 Å². The van der Waals surface area contributed by atoms with E-state index in [1.807, 2.05) is 6.92 Å². The van der Waals surface area contributed by atoms with Gasteiger partial charge in [0.2, 0.25) is 0 Å². The third-order valence-corrected chi connectivity index (χ3v) is 4.34. The Kier molecular flexibility index (Phi) is 2.83. The highest BCUT2D eigenvalue weighted by Crippen LogP contribution is 2.40. The number of Topliss-reactive ketones (excluding diaryl/α,β-unsaturated/α-hetero) is 1. The van der Waals surface area contributed by atoms with Crippen molar-refractivity contribution in [3.05, 3.63) is 35.6 Å². The Morgan fingerprint density at radius 2 is 2.20 bits per heavy atom. The van der Waals surface area contributed by atoms with E-state index < -0.39 is 10.6 Å². The Morgan fingerprint density at radius 3 is 2.80 bits per heavy atom. The van der Waals surface area contributed by atoms with Gasteiger partial charge in [0.25, 0.3) is 0 Å². The molecule has 0 saturated carbocycles. The van der Waals surface area contributed by atoms with E-state index in [0.29, 0.717) is 0 Å². The van der Waals surface area contributed by atoms with E-state index in [2.05, 4.69) is 0 Å². The van der Waals surface area contributed by atoms with Gasteiger partial charge in [-0.05, 0) is 37.7 Å². The molecule has 1 aliphatic rings. The molecule has 1 unspecified atom stereocenters. The van der Waals surface area contributed by atoms with Crippen LogP contribution in [0.3, 0.4) is 0 Å². The lowest BCUT2D eigenvalue weighted by Crippen LogP contribution is -2.29. The van der Waals surface area contributed by atoms with Crippen LogP contribution in [0.5, 0.6) is 0 Å². The number of ketones is 1. The first-order valence-corrected chi connectivity index (χ1v) is 6.05. The van der Waals surface area contributed by atoms with E-state index in [4.69, 9.17) is 0 Å². The monoisotopic (exact) mass is 224 g/mol. The van der Waals surface area contributed by atoms with E-state index in [1.165, 1.54) is 6.07 Å². The smallest absolute Gasteiger partial charge is 0.181 e. The molecule has 0 aromatic heterocycles. The van der Waals surface area contributed by atoms with Crippen molar-refractivity contribution in [2.24, 2.45) is 0 Å². The lowest BCUT2D eigenvalue weighted by Gasteiger charge is -2.20. The first-order chi connectivity index (χ1) is 7.13. The first kappa shape index (κ1) is 10.7. The van der Waals surface area contributed by atoms with Gasteiger partial charge >= 0.3 is 0 Å². The number of thioether (sulfide) groups is 1. The van der Waals surface area contributed by atoms with Crippen LogP contribution >= 0.6 is 11.8 Å². The zero-order valence-corrected chi connectivity index (χ0v) is 9.44. The second-order valence-corrected chi connectivity index (χ2v) is 5.59. The van der Waals surface area contributed by atoms with E-state index in [1.54, 1.807) is 30.0 Å². The second kappa shape index (κ2) is 3.97. The van der Waals surface area contributed by atoms with Gasteiger partial charge in [0, 0.05) is 0 Å². The highest BCUT2D eigenvalue weighted by Gasteiger charge is 2.38. The van der Waals surface area contributed by atoms with Crippen LogP contribution in [-0.4, -0.2) is 16.3 Å². The molecule has 3 heteroatoms. The molecule has 80 valence electrons. The fourth-order valence-electron chi connectivity index (χ4n) is 1.89. The maximum atomic E-state index is 13.4. The van der Waals surface area contributed by atoms with Crippen LogP contribution in [0.1, 0.15) is 30.1 Å². The summed E-state index contributed by atoms with van der Waals surface area (Å²) in [5.74, 6) is 0.524. The molecule has 1 saturated heterocycles. The number of halogens is 1. The highest BCUT2D eigenvalue weighted by molar-refractivity contribution is 8.01. The molecule has 0 aliphatic carbocycles. The van der Waals surface area contributed by atoms with Crippen molar-refractivity contribution < 1.29 is 9.18 Å². The molecule has 1 aromatic carbocycles. The minimum atomic E-state index is -0.414. The summed E-state index contributed by atoms with van der Waals surface area (Å²) in [6.45, 7) is 1.92. The molecule has 1 nitrogen and oxygen atoms in total. The Hall–Kier alpha value is -0.830. The van der Waals surface area contributed by atoms with Gasteiger partial charge in [0.1, 0.15) is 5.82 Å². The summed E-state index contributed by atoms with van der Waals surface area (Å²) in [5.41, 5.74) is 0.231. The Balaban J connectivity index is 2.32. The molecular formula is C12H13FOS. The van der Waals surface area contributed by atoms with Crippen LogP contribution < -0.4 is 0 Å². The molecule has 1 aromatic rings. The second-order valence-electron chi connectivity index (χ2n) is 3.99. The van der Waals surface area contributed by atoms with Crippen LogP contribution in [0.2, 0.25) is 0 Å². The van der Waals surface area contributed by atoms with Crippen molar-refractivity contribution in [3.63, 3.8) is 0 Å². The van der Waals surface area contributed by atoms with Gasteiger partial charge in [-0.2, -0.15) is 0 Å². The van der Waals surface area contributed by atoms with Crippen molar-refractivity contribution in [1.82, 2.24) is 0 Å². The van der Waals surface area contributed by atoms with E-state index in [-0.39, 0.29) is 11.3 Å². The van der Waals surface area contributed by atoms with Gasteiger partial charge < -0.3 is 0 Å². The zero-order valence-electron chi connectivity index (χ0n) is 8.63. The third kappa shape index (κ3) is 1.93. The van der Waals surface area contributed by atoms with Crippen LogP contribution in [0.25, 0.3) is 0 Å². The fraction of sp³-hybridized carbons (Fsp3) is 0.417. The van der Waals surface area contributed by atoms with E-state index >= 15 is 0 Å². The third-order valence-electron chi connectivity index (χ3n) is 2.82. The average molecular weight is 224 g/mol. The van der Waals surface area contributed by atoms with Gasteiger partial charge in [-0.25, -0.2) is 4.39 Å². The number of hydrogen-bond donors (Lipinski definition) is 0. The van der Waals surface area contributed by atoms with Gasteiger partial charge in [-0.1, -0.05) is 12.1 Å². The SMILES string of the molecule is CC1(C(=O)c2ccccc2F)CCCS1. The lowest BCUT2D eigenvalue weighted by atomic mass is 9.94. The van der Waals surface area contributed by atoms with Crippen LogP contribution in [0, 0.1) is 5.82 Å². The summed E-state index contributed by atoms with van der Waals surface area (Å²) < 4.78 is 13.0. The minimum Gasteiger partial charge on any atom is -0.293 e. The predicted molar refractivity (Wildman–Crippen MR) is 60.8 cm³/mol. The van der Waals surface area contributed by atoms with Crippen molar-refractivity contribution in [2.75, 3.05) is 5.75 Å². The van der Waals surface area contributed by atoms with Crippen molar-refractivity contribution >= 4 is 17.5 Å². The average Bonchev–Trinajstić information content (AvgIpc) is 2.66. The van der Waals surface area contributed by atoms with E-state index in [9.17, 15) is 9.18 Å². The largest absolute Gasteiger partial charge is 0.293 e. The number of carbonyl (C=O) groups excluding carboxylic acids is 1. The Labute approximate surface area is 93.1 Å². The van der Waals surface area contributed by atoms with Crippen molar-refractivity contribution in [2.45, 2.75) is 24.5 Å². The number of hydrogen-bond acceptors (Lipinski definition) is 2. The molecule has 0 radical (unpaired) electrons. The standard InChI is InChI=1S/C12H13FOS/c1-12(7-4-8-15-12)11(14)9-5-2-3-6-10(9)13/h2-3,5-6H,4,7-8H2,1H3. The Morgan fingerprint density at radius 1 is 1.47 bits per heavy atom. The highest BCUT2D eigenvalue weighted by atomic mass is 32.2. The van der Waals surface area contributed by atoms with Crippen molar-refractivity contribution in [3.8, 4) is 0 Å². The van der Waals surface area contributed by atoms with Crippen LogP contribution in [0.15, 0.2) is 24.3 Å². The molecule has 1 atom stereocenters. The number of benzene rings is 1. The zero-order chi connectivity index (χ0) is 10.9. The molecular weight excluding hydrogens is 211 g/mol. The molecule has 1 aliphatic heterocycles. The molecule has 0 amide bonds. The van der Waals surface area contributed by atoms with Crippen LogP contribution in [0.4, 0.5) is 4.39 Å². The first-order valence-electron chi connectivity index (χ1n) is 5.07. The molecule has 0 N–H and O–H groups in total. The molecule has 1 fully saturated rings. The molecule has 2 rings (SSSR count). The van der Waals surface area contributed by atoms with Gasteiger partial charge in [0.05, 0.1) is 10.3 Å². The summed E-state index contributed by atoms with van der Waals surface area (Å²) in [5, 5.41) is 0. The lowest BCUT2D eigenvalue weighted by molar-refractivity contribution is 0.0945. The summed E-state index contributed by atoms with van der Waals surface area (Å²) in [6, 6.07) is 6.23. The molecule has 1 heterocycles. The minimum absolute atomic E-state index is 0.0666. The number of carbonyl (C=O) groups is 1. The summed E-state index contributed by atoms with van der Waals surface area (Å²) >= 11 is 1.64. The topological polar surface area (TPSA) is 17.1 Å². The maximum Gasteiger partial charge on any atom is 0.181 e.